The molecular weight excluding hydrogens is 204 g/mol. The van der Waals surface area contributed by atoms with E-state index in [1.54, 1.807) is 11.5 Å². The lowest BCUT2D eigenvalue weighted by atomic mass is 10.2. The largest absolute Gasteiger partial charge is 0.369 e. The third-order valence-corrected chi connectivity index (χ3v) is 3.28. The van der Waals surface area contributed by atoms with Crippen LogP contribution in [0.3, 0.4) is 0 Å². The third-order valence-electron chi connectivity index (χ3n) is 2.45. The van der Waals surface area contributed by atoms with Crippen LogP contribution in [-0.2, 0) is 0 Å². The number of rotatable bonds is 5. The van der Waals surface area contributed by atoms with E-state index in [0.29, 0.717) is 0 Å². The quantitative estimate of drug-likeness (QED) is 0.773. The van der Waals surface area contributed by atoms with Crippen molar-refractivity contribution in [1.29, 1.82) is 0 Å². The Kier molecular flexibility index (Phi) is 3.56. The first kappa shape index (κ1) is 10.4. The predicted octanol–water partition coefficient (Wildman–Crippen LogP) is 3.90. The Hall–Kier alpha value is -1.09. The molecule has 0 aliphatic carbocycles. The molecule has 1 aromatic heterocycles. The van der Waals surface area contributed by atoms with Crippen LogP contribution in [0.25, 0.3) is 10.1 Å². The Morgan fingerprint density at radius 1 is 1.27 bits per heavy atom. The SMILES string of the molecule is CCCCCNc1nsc2ccccc12. The number of aromatic nitrogens is 1. The van der Waals surface area contributed by atoms with Crippen LogP contribution in [0.15, 0.2) is 24.3 Å². The number of nitrogens with one attached hydrogen (secondary N) is 1. The fourth-order valence-corrected chi connectivity index (χ4v) is 2.35. The zero-order chi connectivity index (χ0) is 10.5. The van der Waals surface area contributed by atoms with E-state index in [2.05, 4.69) is 40.9 Å². The maximum atomic E-state index is 4.42. The lowest BCUT2D eigenvalue weighted by Crippen LogP contribution is -2.01. The molecule has 2 nitrogen and oxygen atoms in total. The summed E-state index contributed by atoms with van der Waals surface area (Å²) in [6.07, 6.45) is 3.77. The zero-order valence-corrected chi connectivity index (χ0v) is 9.81. The first-order valence-corrected chi connectivity index (χ1v) is 6.27. The van der Waals surface area contributed by atoms with Crippen molar-refractivity contribution < 1.29 is 0 Å². The first-order chi connectivity index (χ1) is 7.42. The highest BCUT2D eigenvalue weighted by molar-refractivity contribution is 7.13. The number of benzene rings is 1. The summed E-state index contributed by atoms with van der Waals surface area (Å²) < 4.78 is 5.68. The van der Waals surface area contributed by atoms with Crippen LogP contribution < -0.4 is 5.32 Å². The van der Waals surface area contributed by atoms with Gasteiger partial charge in [-0.15, -0.1) is 0 Å². The number of anilines is 1. The van der Waals surface area contributed by atoms with Gasteiger partial charge in [0.25, 0.3) is 0 Å². The molecule has 0 saturated heterocycles. The third kappa shape index (κ3) is 2.48. The van der Waals surface area contributed by atoms with Gasteiger partial charge in [-0.05, 0) is 30.1 Å². The van der Waals surface area contributed by atoms with Gasteiger partial charge in [-0.1, -0.05) is 31.9 Å². The van der Waals surface area contributed by atoms with Crippen molar-refractivity contribution in [3.05, 3.63) is 24.3 Å². The molecule has 1 N–H and O–H groups in total. The molecule has 0 radical (unpaired) electrons. The monoisotopic (exact) mass is 220 g/mol. The number of unbranched alkanes of at least 4 members (excludes halogenated alkanes) is 2. The zero-order valence-electron chi connectivity index (χ0n) is 8.99. The minimum atomic E-state index is 1.03. The van der Waals surface area contributed by atoms with Crippen LogP contribution in [0, 0.1) is 0 Å². The predicted molar refractivity (Wildman–Crippen MR) is 67.6 cm³/mol. The smallest absolute Gasteiger partial charge is 0.147 e. The Balaban J connectivity index is 2.02. The molecular formula is C12H16N2S. The lowest BCUT2D eigenvalue weighted by Gasteiger charge is -2.02. The van der Waals surface area contributed by atoms with Crippen LogP contribution >= 0.6 is 11.5 Å². The summed E-state index contributed by atoms with van der Waals surface area (Å²) in [4.78, 5) is 0. The average molecular weight is 220 g/mol. The summed E-state index contributed by atoms with van der Waals surface area (Å²) in [5, 5.41) is 4.65. The molecule has 3 heteroatoms. The molecule has 2 aromatic rings. The summed E-state index contributed by atoms with van der Waals surface area (Å²) in [7, 11) is 0. The normalized spacial score (nSPS) is 10.7. The molecule has 0 fully saturated rings. The van der Waals surface area contributed by atoms with Crippen molar-refractivity contribution in [2.45, 2.75) is 26.2 Å². The van der Waals surface area contributed by atoms with Crippen LogP contribution in [-0.4, -0.2) is 10.9 Å². The summed E-state index contributed by atoms with van der Waals surface area (Å²) in [5.74, 6) is 1.05. The van der Waals surface area contributed by atoms with Crippen molar-refractivity contribution in [2.75, 3.05) is 11.9 Å². The van der Waals surface area contributed by atoms with E-state index in [1.807, 2.05) is 0 Å². The second-order valence-corrected chi connectivity index (χ2v) is 4.47. The number of nitrogens with zero attached hydrogens (tertiary/aromatic N) is 1. The van der Waals surface area contributed by atoms with Crippen molar-refractivity contribution >= 4 is 27.4 Å². The molecule has 0 spiro atoms. The van der Waals surface area contributed by atoms with Gasteiger partial charge >= 0.3 is 0 Å². The molecule has 80 valence electrons. The van der Waals surface area contributed by atoms with E-state index in [-0.39, 0.29) is 0 Å². The topological polar surface area (TPSA) is 24.9 Å². The van der Waals surface area contributed by atoms with Gasteiger partial charge in [0.1, 0.15) is 5.82 Å². The van der Waals surface area contributed by atoms with E-state index < -0.39 is 0 Å². The van der Waals surface area contributed by atoms with Crippen LogP contribution in [0.5, 0.6) is 0 Å². The van der Waals surface area contributed by atoms with Gasteiger partial charge in [-0.3, -0.25) is 0 Å². The Bertz CT molecular complexity index is 422. The van der Waals surface area contributed by atoms with Gasteiger partial charge in [-0.2, -0.15) is 4.37 Å². The molecule has 1 heterocycles. The molecule has 0 atom stereocenters. The Morgan fingerprint density at radius 2 is 2.13 bits per heavy atom. The Labute approximate surface area is 94.5 Å². The molecule has 2 rings (SSSR count). The van der Waals surface area contributed by atoms with Gasteiger partial charge in [0, 0.05) is 11.9 Å². The lowest BCUT2D eigenvalue weighted by molar-refractivity contribution is 0.743. The molecule has 0 aliphatic rings. The van der Waals surface area contributed by atoms with Gasteiger partial charge in [0.15, 0.2) is 0 Å². The molecule has 0 saturated carbocycles. The number of hydrogen-bond donors (Lipinski definition) is 1. The van der Waals surface area contributed by atoms with Gasteiger partial charge in [0.2, 0.25) is 0 Å². The number of hydrogen-bond acceptors (Lipinski definition) is 3. The van der Waals surface area contributed by atoms with E-state index in [4.69, 9.17) is 0 Å². The van der Waals surface area contributed by atoms with Gasteiger partial charge < -0.3 is 5.32 Å². The molecule has 15 heavy (non-hydrogen) atoms. The maximum absolute atomic E-state index is 4.42. The van der Waals surface area contributed by atoms with Crippen molar-refractivity contribution in [1.82, 2.24) is 4.37 Å². The molecule has 0 unspecified atom stereocenters. The first-order valence-electron chi connectivity index (χ1n) is 5.50. The highest BCUT2D eigenvalue weighted by Gasteiger charge is 2.03. The number of fused-ring (bicyclic) bond motifs is 1. The molecule has 1 aromatic carbocycles. The second-order valence-electron chi connectivity index (χ2n) is 3.66. The fourth-order valence-electron chi connectivity index (χ4n) is 1.60. The molecule has 0 bridgehead atoms. The highest BCUT2D eigenvalue weighted by atomic mass is 32.1. The van der Waals surface area contributed by atoms with Crippen molar-refractivity contribution in [3.8, 4) is 0 Å². The van der Waals surface area contributed by atoms with Crippen molar-refractivity contribution in [2.24, 2.45) is 0 Å². The van der Waals surface area contributed by atoms with E-state index in [0.717, 1.165) is 12.4 Å². The van der Waals surface area contributed by atoms with Crippen LogP contribution in [0.4, 0.5) is 5.82 Å². The van der Waals surface area contributed by atoms with E-state index in [1.165, 1.54) is 29.3 Å². The summed E-state index contributed by atoms with van der Waals surface area (Å²) >= 11 is 1.57. The standard InChI is InChI=1S/C12H16N2S/c1-2-3-6-9-13-12-10-7-4-5-8-11(10)15-14-12/h4-5,7-8H,2-3,6,9H2,1H3,(H,13,14). The van der Waals surface area contributed by atoms with Crippen LogP contribution in [0.2, 0.25) is 0 Å². The molecule has 0 aliphatic heterocycles. The Morgan fingerprint density at radius 3 is 3.00 bits per heavy atom. The van der Waals surface area contributed by atoms with E-state index >= 15 is 0 Å². The van der Waals surface area contributed by atoms with Gasteiger partial charge in [-0.25, -0.2) is 0 Å². The van der Waals surface area contributed by atoms with Crippen molar-refractivity contribution in [3.63, 3.8) is 0 Å². The van der Waals surface area contributed by atoms with Crippen LogP contribution in [0.1, 0.15) is 26.2 Å². The minimum absolute atomic E-state index is 1.03. The summed E-state index contributed by atoms with van der Waals surface area (Å²) in [5.41, 5.74) is 0. The highest BCUT2D eigenvalue weighted by Crippen LogP contribution is 2.25. The summed E-state index contributed by atoms with van der Waals surface area (Å²) in [6.45, 7) is 3.25. The van der Waals surface area contributed by atoms with Gasteiger partial charge in [0.05, 0.1) is 4.70 Å². The molecule has 0 amide bonds. The minimum Gasteiger partial charge on any atom is -0.369 e. The summed E-state index contributed by atoms with van der Waals surface area (Å²) in [6, 6.07) is 8.36. The maximum Gasteiger partial charge on any atom is 0.147 e. The fraction of sp³-hybridized carbons (Fsp3) is 0.417. The second kappa shape index (κ2) is 5.12. The van der Waals surface area contributed by atoms with E-state index in [9.17, 15) is 0 Å². The average Bonchev–Trinajstić information content (AvgIpc) is 2.68.